The summed E-state index contributed by atoms with van der Waals surface area (Å²) in [5.41, 5.74) is 11.6. The van der Waals surface area contributed by atoms with E-state index in [-0.39, 0.29) is 10.8 Å². The van der Waals surface area contributed by atoms with Crippen LogP contribution in [0.1, 0.15) is 52.7 Å². The molecule has 0 fully saturated rings. The van der Waals surface area contributed by atoms with Gasteiger partial charge in [-0.25, -0.2) is 0 Å². The zero-order valence-corrected chi connectivity index (χ0v) is 45.7. The fourth-order valence-electron chi connectivity index (χ4n) is 8.28. The van der Waals surface area contributed by atoms with Crippen LogP contribution in [0.25, 0.3) is 54.9 Å². The Labute approximate surface area is 396 Å². The molecule has 0 spiro atoms. The Morgan fingerprint density at radius 2 is 0.871 bits per heavy atom. The van der Waals surface area contributed by atoms with Crippen molar-refractivity contribution >= 4 is 85.0 Å². The van der Waals surface area contributed by atoms with Crippen LogP contribution in [0.3, 0.4) is 0 Å². The summed E-state index contributed by atoms with van der Waals surface area (Å²) in [5, 5.41) is 11.4. The first kappa shape index (κ1) is 48.1. The molecule has 0 bridgehead atoms. The summed E-state index contributed by atoms with van der Waals surface area (Å²) in [4.78, 5) is 0. The number of hydrogen-bond acceptors (Lipinski definition) is 0. The standard InChI is InChI=1S/2C22H27Si.C12H7Si.2ClH.Zr/c2*1-22(2,3)17-14-16-10-9-12-18(20(16)15-17)19-11-7-8-13-21(19)23(4,5)6;1-3-7-11-9(5-1)10-6-2-4-8-12(10)13-11;;;/h2*7-15H,1-6H3;1-7H;2*1H;/q3*-1;;;+2/p-2. The van der Waals surface area contributed by atoms with Gasteiger partial charge in [-0.1, -0.05) is 198 Å². The molecule has 1 aliphatic heterocycles. The molecule has 0 aromatic heterocycles. The van der Waals surface area contributed by atoms with E-state index in [9.17, 15) is 0 Å². The maximum absolute atomic E-state index is 4.93. The van der Waals surface area contributed by atoms with Crippen molar-refractivity contribution in [3.63, 3.8) is 0 Å². The monoisotopic (exact) mass is 977 g/mol. The molecule has 1 heterocycles. The fraction of sp³-hybridized carbons (Fsp3) is 0.250. The quantitative estimate of drug-likeness (QED) is 0.122. The molecule has 0 saturated carbocycles. The molecule has 0 unspecified atom stereocenters. The van der Waals surface area contributed by atoms with Gasteiger partial charge in [0.15, 0.2) is 0 Å². The van der Waals surface area contributed by atoms with E-state index in [1.165, 1.54) is 76.4 Å². The van der Waals surface area contributed by atoms with E-state index in [0.717, 1.165) is 9.52 Å². The molecule has 0 N–H and O–H groups in total. The van der Waals surface area contributed by atoms with Crippen molar-refractivity contribution in [3.8, 4) is 33.4 Å². The van der Waals surface area contributed by atoms with Crippen molar-refractivity contribution in [2.45, 2.75) is 91.7 Å². The van der Waals surface area contributed by atoms with Crippen LogP contribution in [0, 0.1) is 6.07 Å². The van der Waals surface area contributed by atoms with Crippen LogP contribution in [0.15, 0.2) is 152 Å². The summed E-state index contributed by atoms with van der Waals surface area (Å²) in [6.45, 7) is 28.3. The van der Waals surface area contributed by atoms with Gasteiger partial charge in [0.05, 0.1) is 25.7 Å². The van der Waals surface area contributed by atoms with Gasteiger partial charge in [-0.2, -0.15) is 41.6 Å². The van der Waals surface area contributed by atoms with Crippen molar-refractivity contribution < 1.29 is 20.8 Å². The van der Waals surface area contributed by atoms with Gasteiger partial charge in [0.25, 0.3) is 0 Å². The van der Waals surface area contributed by atoms with Gasteiger partial charge in [0.1, 0.15) is 0 Å². The molecule has 0 atom stereocenters. The van der Waals surface area contributed by atoms with Gasteiger partial charge in [-0.15, -0.1) is 74.6 Å². The van der Waals surface area contributed by atoms with Gasteiger partial charge >= 0.3 is 37.9 Å². The van der Waals surface area contributed by atoms with Crippen molar-refractivity contribution in [2.75, 3.05) is 0 Å². The number of fused-ring (bicyclic) bond motifs is 5. The van der Waals surface area contributed by atoms with E-state index in [0.29, 0.717) is 0 Å². The molecule has 8 aromatic carbocycles. The third-order valence-corrected chi connectivity index (χ3v) is 17.1. The SMILES string of the molecule is CC(C)(C)c1cc2c(-c3ccccc3[Si](C)(C)C)cccc2[cH-]1.CC(C)(C)c1cc2c(-c3ccccc3[Si](C)(C)C)cccc2[cH-]1.[Cl][Zr][Cl].[c-]1cccc2c1[Si]c1ccccc1-2. The summed E-state index contributed by atoms with van der Waals surface area (Å²) in [6, 6.07) is 59.1. The minimum atomic E-state index is -1.38. The van der Waals surface area contributed by atoms with E-state index in [4.69, 9.17) is 17.0 Å². The molecule has 318 valence electrons. The van der Waals surface area contributed by atoms with Gasteiger partial charge in [0.2, 0.25) is 0 Å². The zero-order chi connectivity index (χ0) is 45.0. The predicted octanol–water partition coefficient (Wildman–Crippen LogP) is 14.6. The Bertz CT molecular complexity index is 2580. The smallest absolute Gasteiger partial charge is 0.0920 e. The number of benzene rings is 6. The topological polar surface area (TPSA) is 0 Å². The van der Waals surface area contributed by atoms with Crippen LogP contribution in [0.5, 0.6) is 0 Å². The number of rotatable bonds is 4. The second kappa shape index (κ2) is 19.8. The van der Waals surface area contributed by atoms with E-state index in [1.54, 1.807) is 10.4 Å². The van der Waals surface area contributed by atoms with Crippen LogP contribution in [-0.2, 0) is 31.7 Å². The largest absolute Gasteiger partial charge is 0.184 e. The van der Waals surface area contributed by atoms with Crippen molar-refractivity contribution in [3.05, 3.63) is 169 Å². The van der Waals surface area contributed by atoms with E-state index < -0.39 is 37.0 Å². The van der Waals surface area contributed by atoms with Crippen molar-refractivity contribution in [2.24, 2.45) is 0 Å². The molecule has 62 heavy (non-hydrogen) atoms. The third kappa shape index (κ3) is 11.3. The average molecular weight is 980 g/mol. The molecule has 8 aromatic rings. The van der Waals surface area contributed by atoms with Crippen LogP contribution in [0.2, 0.25) is 39.3 Å². The molecule has 9 rings (SSSR count). The fourth-order valence-corrected chi connectivity index (χ4v) is 12.8. The molecule has 6 heteroatoms. The second-order valence-electron chi connectivity index (χ2n) is 20.4. The molecule has 1 aliphatic rings. The van der Waals surface area contributed by atoms with Gasteiger partial charge in [-0.05, 0) is 22.0 Å². The van der Waals surface area contributed by atoms with Crippen LogP contribution in [0.4, 0.5) is 0 Å². The summed E-state index contributed by atoms with van der Waals surface area (Å²) in [5.74, 6) is 0. The van der Waals surface area contributed by atoms with Crippen LogP contribution in [-0.4, -0.2) is 25.7 Å². The Morgan fingerprint density at radius 1 is 0.484 bits per heavy atom. The summed E-state index contributed by atoms with van der Waals surface area (Å²) in [6.07, 6.45) is 0. The molecular weight excluding hydrogens is 919 g/mol. The van der Waals surface area contributed by atoms with Gasteiger partial charge in [-0.3, -0.25) is 0 Å². The Kier molecular flexibility index (Phi) is 15.4. The predicted molar refractivity (Wildman–Crippen MR) is 281 cm³/mol. The first-order valence-corrected chi connectivity index (χ1v) is 36.0. The van der Waals surface area contributed by atoms with Crippen molar-refractivity contribution in [1.82, 2.24) is 0 Å². The van der Waals surface area contributed by atoms with Crippen LogP contribution >= 0.6 is 17.0 Å². The van der Waals surface area contributed by atoms with Gasteiger partial charge in [0, 0.05) is 0 Å². The molecule has 2 radical (unpaired) electrons. The Morgan fingerprint density at radius 3 is 1.31 bits per heavy atom. The van der Waals surface area contributed by atoms with E-state index >= 15 is 0 Å². The summed E-state index contributed by atoms with van der Waals surface area (Å²) in [7, 11) is 7.91. The summed E-state index contributed by atoms with van der Waals surface area (Å²) >= 11 is -0.826. The molecule has 0 aliphatic carbocycles. The summed E-state index contributed by atoms with van der Waals surface area (Å²) < 4.78 is 0. The molecule has 0 nitrogen and oxygen atoms in total. The third-order valence-electron chi connectivity index (χ3n) is 11.6. The minimum absolute atomic E-state index is 0.189. The number of halogens is 2. The first-order chi connectivity index (χ1) is 29.2. The Hall–Kier alpha value is -3.35. The average Bonchev–Trinajstić information content (AvgIpc) is 3.97. The minimum Gasteiger partial charge on any atom is -0.184 e. The van der Waals surface area contributed by atoms with Crippen LogP contribution < -0.4 is 20.7 Å². The molecule has 0 amide bonds. The van der Waals surface area contributed by atoms with E-state index in [1.807, 2.05) is 6.07 Å². The zero-order valence-electron chi connectivity index (χ0n) is 38.7. The second-order valence-corrected chi connectivity index (χ2v) is 35.5. The maximum atomic E-state index is 4.93. The maximum Gasteiger partial charge on any atom is 0.0920 e. The van der Waals surface area contributed by atoms with Gasteiger partial charge < -0.3 is 0 Å². The van der Waals surface area contributed by atoms with E-state index in [2.05, 4.69) is 232 Å². The molecule has 0 saturated heterocycles. The first-order valence-electron chi connectivity index (χ1n) is 21.7. The number of hydrogen-bond donors (Lipinski definition) is 0. The normalized spacial score (nSPS) is 12.3. The Balaban J connectivity index is 0.000000155. The molecular formula is C56H61Cl2Si3Zr-3. The van der Waals surface area contributed by atoms with Crippen molar-refractivity contribution in [1.29, 1.82) is 0 Å².